The molecule has 0 unspecified atom stereocenters. The first kappa shape index (κ1) is 20.1. The molecule has 2 N–H and O–H groups in total. The number of methoxy groups -OCH3 is 1. The summed E-state index contributed by atoms with van der Waals surface area (Å²) < 4.78 is 22.4. The molecule has 8 heteroatoms. The maximum Gasteiger partial charge on any atom is 0.308 e. The first-order valence-corrected chi connectivity index (χ1v) is 10.1. The van der Waals surface area contributed by atoms with E-state index < -0.39 is 18.1 Å². The lowest BCUT2D eigenvalue weighted by molar-refractivity contribution is -0.156. The van der Waals surface area contributed by atoms with Crippen molar-refractivity contribution in [2.75, 3.05) is 32.2 Å². The molecule has 3 aliphatic rings. The fraction of sp³-hybridized carbons (Fsp3) is 0.619. The molecule has 4 atom stereocenters. The fourth-order valence-electron chi connectivity index (χ4n) is 4.53. The molecular weight excluding hydrogens is 378 g/mol. The molecule has 8 nitrogen and oxygen atoms in total. The van der Waals surface area contributed by atoms with Gasteiger partial charge in [-0.05, 0) is 24.6 Å². The van der Waals surface area contributed by atoms with Gasteiger partial charge >= 0.3 is 5.97 Å². The quantitative estimate of drug-likeness (QED) is 0.718. The van der Waals surface area contributed by atoms with Gasteiger partial charge in [0.05, 0.1) is 51.5 Å². The van der Waals surface area contributed by atoms with E-state index in [-0.39, 0.29) is 36.9 Å². The van der Waals surface area contributed by atoms with Gasteiger partial charge in [-0.25, -0.2) is 0 Å². The van der Waals surface area contributed by atoms with Gasteiger partial charge in [-0.1, -0.05) is 0 Å². The van der Waals surface area contributed by atoms with Gasteiger partial charge < -0.3 is 29.4 Å². The first-order valence-electron chi connectivity index (χ1n) is 10.1. The maximum absolute atomic E-state index is 12.9. The average molecular weight is 405 g/mol. The predicted octanol–water partition coefficient (Wildman–Crippen LogP) is 1.61. The van der Waals surface area contributed by atoms with Crippen molar-refractivity contribution in [1.29, 1.82) is 0 Å². The number of hydrogen-bond donors (Lipinski definition) is 2. The van der Waals surface area contributed by atoms with E-state index in [2.05, 4.69) is 5.32 Å². The number of benzene rings is 1. The number of hydrogen-bond acceptors (Lipinski definition) is 7. The van der Waals surface area contributed by atoms with Gasteiger partial charge in [0.1, 0.15) is 11.9 Å². The van der Waals surface area contributed by atoms with Crippen LogP contribution in [-0.4, -0.2) is 62.2 Å². The van der Waals surface area contributed by atoms with E-state index in [1.165, 1.54) is 7.11 Å². The fourth-order valence-corrected chi connectivity index (χ4v) is 4.53. The van der Waals surface area contributed by atoms with Crippen LogP contribution in [0.15, 0.2) is 18.2 Å². The molecule has 29 heavy (non-hydrogen) atoms. The Morgan fingerprint density at radius 2 is 2.10 bits per heavy atom. The van der Waals surface area contributed by atoms with Gasteiger partial charge in [0.15, 0.2) is 0 Å². The Balaban J connectivity index is 1.65. The summed E-state index contributed by atoms with van der Waals surface area (Å²) in [5.41, 5.74) is 1.61. The van der Waals surface area contributed by atoms with E-state index in [0.717, 1.165) is 24.2 Å². The number of ether oxygens (including phenoxy) is 4. The number of carbonyl (C=O) groups excluding carboxylic acids is 2. The third kappa shape index (κ3) is 4.24. The predicted molar refractivity (Wildman–Crippen MR) is 103 cm³/mol. The summed E-state index contributed by atoms with van der Waals surface area (Å²) in [6.07, 6.45) is 1.11. The van der Waals surface area contributed by atoms with Crippen molar-refractivity contribution in [3.8, 4) is 5.75 Å². The summed E-state index contributed by atoms with van der Waals surface area (Å²) in [6.45, 7) is 1.04. The zero-order valence-electron chi connectivity index (χ0n) is 16.5. The molecule has 0 aromatic heterocycles. The van der Waals surface area contributed by atoms with Crippen LogP contribution in [0.4, 0.5) is 5.69 Å². The van der Waals surface area contributed by atoms with Gasteiger partial charge in [0, 0.05) is 30.0 Å². The van der Waals surface area contributed by atoms with Gasteiger partial charge in [-0.3, -0.25) is 9.59 Å². The number of amides is 1. The van der Waals surface area contributed by atoms with E-state index in [1.54, 1.807) is 0 Å². The van der Waals surface area contributed by atoms with Crippen LogP contribution in [-0.2, 0) is 23.8 Å². The topological polar surface area (TPSA) is 103 Å². The standard InChI is InChI=1S/C21H27NO7/c1-26-19(24)10-14-9-16-15-8-12(22-21(25)20(16)18(11-23)29-14)2-3-17(15)28-13-4-6-27-7-5-13/h2-3,8,13-14,16,18,20,23H,4-7,9-11H2,1H3,(H,22,25)/t14-,16-,18-,20+/m1/s1. The van der Waals surface area contributed by atoms with Crippen molar-refractivity contribution in [2.24, 2.45) is 5.92 Å². The summed E-state index contributed by atoms with van der Waals surface area (Å²) in [5, 5.41) is 12.8. The monoisotopic (exact) mass is 405 g/mol. The van der Waals surface area contributed by atoms with Crippen LogP contribution in [0.1, 0.15) is 37.2 Å². The number of nitrogens with one attached hydrogen (secondary N) is 1. The highest BCUT2D eigenvalue weighted by Gasteiger charge is 2.46. The number of fused-ring (bicyclic) bond motifs is 4. The van der Waals surface area contributed by atoms with Gasteiger partial charge in [-0.15, -0.1) is 0 Å². The van der Waals surface area contributed by atoms with Crippen molar-refractivity contribution >= 4 is 17.6 Å². The Kier molecular flexibility index (Phi) is 6.03. The Labute approximate surface area is 169 Å². The van der Waals surface area contributed by atoms with Crippen LogP contribution in [0.3, 0.4) is 0 Å². The highest BCUT2D eigenvalue weighted by atomic mass is 16.5. The largest absolute Gasteiger partial charge is 0.490 e. The molecule has 0 radical (unpaired) electrons. The number of anilines is 1. The second-order valence-electron chi connectivity index (χ2n) is 7.80. The van der Waals surface area contributed by atoms with E-state index in [0.29, 0.717) is 25.3 Å². The molecule has 3 heterocycles. The van der Waals surface area contributed by atoms with Crippen molar-refractivity contribution in [1.82, 2.24) is 0 Å². The summed E-state index contributed by atoms with van der Waals surface area (Å²) in [5.74, 6) is -0.624. The molecule has 158 valence electrons. The highest BCUT2D eigenvalue weighted by Crippen LogP contribution is 2.46. The second-order valence-corrected chi connectivity index (χ2v) is 7.80. The molecule has 2 bridgehead atoms. The Morgan fingerprint density at radius 1 is 1.31 bits per heavy atom. The maximum atomic E-state index is 12.9. The van der Waals surface area contributed by atoms with E-state index in [1.807, 2.05) is 18.2 Å². The van der Waals surface area contributed by atoms with Crippen LogP contribution in [0.5, 0.6) is 5.75 Å². The number of aliphatic hydroxyl groups excluding tert-OH is 1. The SMILES string of the molecule is COC(=O)C[C@H]1C[C@@H]2c3cc(ccc3OC3CCOCC3)NC(=O)[C@@H]2[C@@H](CO)O1. The molecule has 1 aromatic rings. The minimum absolute atomic E-state index is 0.0653. The van der Waals surface area contributed by atoms with Crippen molar-refractivity contribution in [2.45, 2.75) is 49.9 Å². The second kappa shape index (κ2) is 8.69. The Hall–Kier alpha value is -2.16. The van der Waals surface area contributed by atoms with Gasteiger partial charge in [0.25, 0.3) is 0 Å². The van der Waals surface area contributed by atoms with Crippen LogP contribution in [0.25, 0.3) is 0 Å². The lowest BCUT2D eigenvalue weighted by Crippen LogP contribution is -2.47. The van der Waals surface area contributed by atoms with Crippen LogP contribution in [0.2, 0.25) is 0 Å². The number of esters is 1. The third-order valence-electron chi connectivity index (χ3n) is 5.96. The first-order chi connectivity index (χ1) is 14.1. The Morgan fingerprint density at radius 3 is 2.83 bits per heavy atom. The molecular formula is C21H27NO7. The van der Waals surface area contributed by atoms with E-state index in [4.69, 9.17) is 18.9 Å². The third-order valence-corrected chi connectivity index (χ3v) is 5.96. The van der Waals surface area contributed by atoms with Crippen LogP contribution < -0.4 is 10.1 Å². The summed E-state index contributed by atoms with van der Waals surface area (Å²) in [7, 11) is 1.33. The lowest BCUT2D eigenvalue weighted by atomic mass is 9.76. The molecule has 1 amide bonds. The number of rotatable bonds is 5. The smallest absolute Gasteiger partial charge is 0.308 e. The van der Waals surface area contributed by atoms with E-state index >= 15 is 0 Å². The number of aliphatic hydroxyl groups is 1. The minimum atomic E-state index is -0.700. The molecule has 2 fully saturated rings. The normalized spacial score (nSPS) is 29.4. The average Bonchev–Trinajstić information content (AvgIpc) is 2.85. The van der Waals surface area contributed by atoms with Crippen LogP contribution >= 0.6 is 0 Å². The zero-order chi connectivity index (χ0) is 20.4. The van der Waals surface area contributed by atoms with Crippen molar-refractivity contribution in [3.05, 3.63) is 23.8 Å². The Bertz CT molecular complexity index is 761. The molecule has 0 spiro atoms. The van der Waals surface area contributed by atoms with Crippen molar-refractivity contribution in [3.63, 3.8) is 0 Å². The molecule has 0 saturated carbocycles. The minimum Gasteiger partial charge on any atom is -0.490 e. The molecule has 2 saturated heterocycles. The van der Waals surface area contributed by atoms with Crippen LogP contribution in [0, 0.1) is 5.92 Å². The molecule has 1 aromatic carbocycles. The number of carbonyl (C=O) groups is 2. The summed E-state index contributed by atoms with van der Waals surface area (Å²) in [6, 6.07) is 5.65. The molecule has 3 aliphatic heterocycles. The zero-order valence-corrected chi connectivity index (χ0v) is 16.5. The van der Waals surface area contributed by atoms with Gasteiger partial charge in [-0.2, -0.15) is 0 Å². The summed E-state index contributed by atoms with van der Waals surface area (Å²) >= 11 is 0. The molecule has 0 aliphatic carbocycles. The van der Waals surface area contributed by atoms with E-state index in [9.17, 15) is 14.7 Å². The molecule has 4 rings (SSSR count). The van der Waals surface area contributed by atoms with Gasteiger partial charge in [0.2, 0.25) is 5.91 Å². The lowest BCUT2D eigenvalue weighted by Gasteiger charge is -2.40. The summed E-state index contributed by atoms with van der Waals surface area (Å²) in [4.78, 5) is 24.7. The highest BCUT2D eigenvalue weighted by molar-refractivity contribution is 5.95. The van der Waals surface area contributed by atoms with Crippen molar-refractivity contribution < 1.29 is 33.6 Å².